The lowest BCUT2D eigenvalue weighted by atomic mass is 10.2. The molecule has 0 spiro atoms. The van der Waals surface area contributed by atoms with Crippen LogP contribution in [0.15, 0.2) is 24.4 Å². The second kappa shape index (κ2) is 5.49. The van der Waals surface area contributed by atoms with Crippen molar-refractivity contribution in [1.29, 1.82) is 0 Å². The molecule has 1 fully saturated rings. The van der Waals surface area contributed by atoms with E-state index in [0.717, 1.165) is 12.1 Å². The normalized spacial score (nSPS) is 16.0. The van der Waals surface area contributed by atoms with Gasteiger partial charge in [0.05, 0.1) is 0 Å². The molecule has 1 aromatic carbocycles. The summed E-state index contributed by atoms with van der Waals surface area (Å²) in [5, 5.41) is 12.6. The number of anilines is 4. The van der Waals surface area contributed by atoms with Crippen molar-refractivity contribution in [2.45, 2.75) is 0 Å². The molecule has 2 aromatic rings. The fraction of sp³-hybridized carbons (Fsp3) is 0.0833. The second-order valence-corrected chi connectivity index (χ2v) is 6.39. The van der Waals surface area contributed by atoms with Crippen molar-refractivity contribution in [3.8, 4) is 5.75 Å². The maximum absolute atomic E-state index is 14.3. The molecule has 5 N–H and O–H groups in total. The number of carbonyl (C=O) groups is 1. The van der Waals surface area contributed by atoms with Crippen molar-refractivity contribution in [2.75, 3.05) is 21.9 Å². The monoisotopic (exact) mass is 354 g/mol. The van der Waals surface area contributed by atoms with Crippen LogP contribution in [0.3, 0.4) is 0 Å². The highest BCUT2D eigenvalue weighted by atomic mass is 32.2. The minimum atomic E-state index is -4.24. The molecule has 0 unspecified atom stereocenters. The van der Waals surface area contributed by atoms with Crippen LogP contribution in [-0.4, -0.2) is 35.9 Å². The molecule has 0 bridgehead atoms. The minimum absolute atomic E-state index is 0.0622. The number of nitrogens with two attached hydrogens (primary N) is 1. The van der Waals surface area contributed by atoms with Gasteiger partial charge < -0.3 is 16.2 Å². The smallest absolute Gasteiger partial charge is 0.326 e. The van der Waals surface area contributed by atoms with E-state index in [1.165, 1.54) is 12.3 Å². The molecule has 126 valence electrons. The lowest BCUT2D eigenvalue weighted by Gasteiger charge is -2.18. The molecule has 24 heavy (non-hydrogen) atoms. The highest BCUT2D eigenvalue weighted by molar-refractivity contribution is 7.92. The summed E-state index contributed by atoms with van der Waals surface area (Å²) in [5.74, 6) is -2.32. The van der Waals surface area contributed by atoms with Gasteiger partial charge in [-0.2, -0.15) is 13.4 Å². The first kappa shape index (κ1) is 15.7. The molecule has 1 aliphatic rings. The van der Waals surface area contributed by atoms with Crippen molar-refractivity contribution in [3.63, 3.8) is 0 Å². The first-order valence-electron chi connectivity index (χ1n) is 6.47. The predicted octanol–water partition coefficient (Wildman–Crippen LogP) is -0.172. The third-order valence-corrected chi connectivity index (χ3v) is 4.42. The van der Waals surface area contributed by atoms with Crippen molar-refractivity contribution in [1.82, 2.24) is 14.7 Å². The van der Waals surface area contributed by atoms with Crippen LogP contribution in [0.4, 0.5) is 27.5 Å². The molecule has 0 aliphatic carbocycles. The van der Waals surface area contributed by atoms with Crippen LogP contribution in [0.25, 0.3) is 0 Å². The van der Waals surface area contributed by atoms with Gasteiger partial charge in [0.2, 0.25) is 5.95 Å². The molecular weight excluding hydrogens is 343 g/mol. The molecule has 1 aliphatic heterocycles. The number of nitrogens with zero attached hydrogens (tertiary/aromatic N) is 3. The summed E-state index contributed by atoms with van der Waals surface area (Å²) in [6.45, 7) is -0.627. The van der Waals surface area contributed by atoms with Gasteiger partial charge in [0.25, 0.3) is 5.91 Å². The number of nitrogens with one attached hydrogen (secondary N) is 2. The third-order valence-electron chi connectivity index (χ3n) is 3.05. The number of benzene rings is 1. The number of halogens is 1. The quantitative estimate of drug-likeness (QED) is 0.593. The number of amides is 1. The van der Waals surface area contributed by atoms with Crippen LogP contribution in [0.2, 0.25) is 0 Å². The van der Waals surface area contributed by atoms with Gasteiger partial charge in [-0.1, -0.05) is 0 Å². The van der Waals surface area contributed by atoms with Crippen LogP contribution in [0.1, 0.15) is 0 Å². The standard InChI is InChI=1S/C12H11FN6O4S/c13-7-3-6(16-12-15-2-1-9(14)17-12)4-8(20)11(7)19-5-10(21)18-24(19,22)23/h1-4,20H,5H2,(H,18,21)(H3,14,15,16,17). The molecular formula is C12H11FN6O4S. The highest BCUT2D eigenvalue weighted by Gasteiger charge is 2.37. The van der Waals surface area contributed by atoms with E-state index in [-0.39, 0.29) is 17.5 Å². The molecule has 12 heteroatoms. The van der Waals surface area contributed by atoms with E-state index in [1.54, 1.807) is 4.72 Å². The molecule has 0 radical (unpaired) electrons. The van der Waals surface area contributed by atoms with Gasteiger partial charge in [0.15, 0.2) is 5.82 Å². The largest absolute Gasteiger partial charge is 0.506 e. The first-order valence-corrected chi connectivity index (χ1v) is 7.91. The van der Waals surface area contributed by atoms with E-state index in [0.29, 0.717) is 4.31 Å². The van der Waals surface area contributed by atoms with Crippen molar-refractivity contribution in [2.24, 2.45) is 0 Å². The number of rotatable bonds is 3. The van der Waals surface area contributed by atoms with Crippen molar-refractivity contribution in [3.05, 3.63) is 30.2 Å². The zero-order valence-corrected chi connectivity index (χ0v) is 12.7. The van der Waals surface area contributed by atoms with E-state index < -0.39 is 39.9 Å². The molecule has 2 heterocycles. The van der Waals surface area contributed by atoms with Gasteiger partial charge >= 0.3 is 10.2 Å². The summed E-state index contributed by atoms with van der Waals surface area (Å²) in [5.41, 5.74) is 4.93. The average Bonchev–Trinajstić information content (AvgIpc) is 2.71. The summed E-state index contributed by atoms with van der Waals surface area (Å²) in [6.07, 6.45) is 1.38. The van der Waals surface area contributed by atoms with Crippen LogP contribution >= 0.6 is 0 Å². The molecule has 0 saturated carbocycles. The zero-order chi connectivity index (χ0) is 17.5. The molecule has 3 rings (SSSR count). The lowest BCUT2D eigenvalue weighted by Crippen LogP contribution is -2.30. The van der Waals surface area contributed by atoms with Crippen LogP contribution in [0, 0.1) is 5.82 Å². The van der Waals surface area contributed by atoms with Crippen LogP contribution in [-0.2, 0) is 15.0 Å². The Labute approximate surface area is 135 Å². The number of hydrogen-bond acceptors (Lipinski definition) is 8. The van der Waals surface area contributed by atoms with Gasteiger partial charge in [-0.05, 0) is 12.1 Å². The van der Waals surface area contributed by atoms with Crippen LogP contribution < -0.4 is 20.1 Å². The number of phenols is 1. The van der Waals surface area contributed by atoms with E-state index in [1.807, 2.05) is 0 Å². The lowest BCUT2D eigenvalue weighted by molar-refractivity contribution is -0.117. The maximum atomic E-state index is 14.3. The highest BCUT2D eigenvalue weighted by Crippen LogP contribution is 2.36. The second-order valence-electron chi connectivity index (χ2n) is 4.79. The predicted molar refractivity (Wildman–Crippen MR) is 82.2 cm³/mol. The Balaban J connectivity index is 1.96. The summed E-state index contributed by atoms with van der Waals surface area (Å²) in [7, 11) is -4.24. The van der Waals surface area contributed by atoms with Crippen LogP contribution in [0.5, 0.6) is 5.75 Å². The Morgan fingerprint density at radius 3 is 2.75 bits per heavy atom. The molecule has 1 saturated heterocycles. The summed E-state index contributed by atoms with van der Waals surface area (Å²) < 4.78 is 40.0. The van der Waals surface area contributed by atoms with Crippen molar-refractivity contribution >= 4 is 39.3 Å². The number of aromatic nitrogens is 2. The topological polar surface area (TPSA) is 151 Å². The van der Waals surface area contributed by atoms with Gasteiger partial charge in [0.1, 0.15) is 23.8 Å². The molecule has 1 amide bonds. The molecule has 0 atom stereocenters. The van der Waals surface area contributed by atoms with Gasteiger partial charge in [-0.25, -0.2) is 18.4 Å². The van der Waals surface area contributed by atoms with Gasteiger partial charge in [-0.15, -0.1) is 0 Å². The van der Waals surface area contributed by atoms with Crippen molar-refractivity contribution < 1.29 is 22.7 Å². The molecule has 1 aromatic heterocycles. The summed E-state index contributed by atoms with van der Waals surface area (Å²) in [6, 6.07) is 3.46. The Morgan fingerprint density at radius 2 is 2.17 bits per heavy atom. The average molecular weight is 354 g/mol. The van der Waals surface area contributed by atoms with Gasteiger partial charge in [0, 0.05) is 18.0 Å². The third kappa shape index (κ3) is 2.86. The molecule has 10 nitrogen and oxygen atoms in total. The minimum Gasteiger partial charge on any atom is -0.506 e. The fourth-order valence-corrected chi connectivity index (χ4v) is 3.28. The van der Waals surface area contributed by atoms with E-state index in [4.69, 9.17) is 5.73 Å². The number of nitrogen functional groups attached to an aromatic ring is 1. The number of hydrogen-bond donors (Lipinski definition) is 4. The Bertz CT molecular complexity index is 912. The zero-order valence-electron chi connectivity index (χ0n) is 11.9. The Morgan fingerprint density at radius 1 is 1.42 bits per heavy atom. The van der Waals surface area contributed by atoms with E-state index >= 15 is 0 Å². The SMILES string of the molecule is Nc1ccnc(Nc2cc(O)c(N3CC(=O)NS3(=O)=O)c(F)c2)n1. The number of carbonyl (C=O) groups excluding carboxylic acids is 1. The number of aromatic hydroxyl groups is 1. The Kier molecular flexibility index (Phi) is 3.60. The van der Waals surface area contributed by atoms with E-state index in [9.17, 15) is 22.7 Å². The van der Waals surface area contributed by atoms with Gasteiger partial charge in [-0.3, -0.25) is 4.79 Å². The Hall–Kier alpha value is -3.15. The van der Waals surface area contributed by atoms with E-state index in [2.05, 4.69) is 15.3 Å². The summed E-state index contributed by atoms with van der Waals surface area (Å²) in [4.78, 5) is 18.9. The summed E-state index contributed by atoms with van der Waals surface area (Å²) >= 11 is 0. The number of phenolic OH excluding ortho intramolecular Hbond substituents is 1. The maximum Gasteiger partial charge on any atom is 0.326 e. The fourth-order valence-electron chi connectivity index (χ4n) is 2.11. The first-order chi connectivity index (χ1) is 11.3.